The third kappa shape index (κ3) is 4.98. The number of carbonyl (C=O) groups is 1. The molecule has 1 N–H and O–H groups in total. The van der Waals surface area contributed by atoms with Crippen LogP contribution in [0.25, 0.3) is 0 Å². The van der Waals surface area contributed by atoms with Crippen LogP contribution >= 0.6 is 11.6 Å². The van der Waals surface area contributed by atoms with Crippen LogP contribution in [-0.2, 0) is 6.73 Å². The number of aryl methyl sites for hydroxylation is 1. The summed E-state index contributed by atoms with van der Waals surface area (Å²) in [5.41, 5.74) is 0.995. The van der Waals surface area contributed by atoms with E-state index in [9.17, 15) is 13.6 Å². The van der Waals surface area contributed by atoms with Crippen LogP contribution < -0.4 is 14.8 Å². The first kappa shape index (κ1) is 19.6. The molecule has 0 atom stereocenters. The summed E-state index contributed by atoms with van der Waals surface area (Å²) in [4.78, 5) is 12.4. The lowest BCUT2D eigenvalue weighted by Gasteiger charge is -2.12. The first-order valence-electron chi connectivity index (χ1n) is 8.20. The highest BCUT2D eigenvalue weighted by Gasteiger charge is 2.15. The molecule has 9 heteroatoms. The zero-order valence-electron chi connectivity index (χ0n) is 14.7. The van der Waals surface area contributed by atoms with Crippen molar-refractivity contribution in [2.24, 2.45) is 0 Å². The van der Waals surface area contributed by atoms with Gasteiger partial charge in [0.2, 0.25) is 0 Å². The molecule has 0 aliphatic rings. The largest absolute Gasteiger partial charge is 0.470 e. The Labute approximate surface area is 164 Å². The van der Waals surface area contributed by atoms with Gasteiger partial charge in [-0.3, -0.25) is 4.79 Å². The number of aromatic nitrogens is 2. The van der Waals surface area contributed by atoms with E-state index in [4.69, 9.17) is 16.3 Å². The molecule has 0 saturated carbocycles. The number of para-hydroxylation sites is 1. The number of rotatable bonds is 7. The number of carbonyl (C=O) groups excluding carboxylic acids is 1. The summed E-state index contributed by atoms with van der Waals surface area (Å²) in [7, 11) is 0. The van der Waals surface area contributed by atoms with Crippen LogP contribution in [0.4, 0.5) is 14.5 Å². The highest BCUT2D eigenvalue weighted by atomic mass is 35.5. The molecule has 3 rings (SSSR count). The van der Waals surface area contributed by atoms with Crippen LogP contribution in [0.3, 0.4) is 0 Å². The second-order valence-electron chi connectivity index (χ2n) is 5.78. The number of anilines is 1. The summed E-state index contributed by atoms with van der Waals surface area (Å²) in [6, 6.07) is 13.0. The number of alkyl halides is 2. The van der Waals surface area contributed by atoms with Crippen molar-refractivity contribution in [1.82, 2.24) is 9.78 Å². The highest BCUT2D eigenvalue weighted by molar-refractivity contribution is 6.32. The molecule has 0 aliphatic heterocycles. The van der Waals surface area contributed by atoms with Gasteiger partial charge in [-0.1, -0.05) is 29.8 Å². The molecule has 0 bridgehead atoms. The highest BCUT2D eigenvalue weighted by Crippen LogP contribution is 2.28. The predicted octanol–water partition coefficient (Wildman–Crippen LogP) is 4.74. The number of hydrogen-bond donors (Lipinski definition) is 1. The van der Waals surface area contributed by atoms with Crippen LogP contribution in [0.5, 0.6) is 11.5 Å². The Morgan fingerprint density at radius 3 is 2.75 bits per heavy atom. The van der Waals surface area contributed by atoms with Gasteiger partial charge in [-0.25, -0.2) is 4.68 Å². The fourth-order valence-corrected chi connectivity index (χ4v) is 2.57. The van der Waals surface area contributed by atoms with Crippen LogP contribution in [0.1, 0.15) is 16.1 Å². The molecule has 28 heavy (non-hydrogen) atoms. The predicted molar refractivity (Wildman–Crippen MR) is 100 cm³/mol. The van der Waals surface area contributed by atoms with Crippen molar-refractivity contribution in [3.05, 3.63) is 71.0 Å². The Kier molecular flexibility index (Phi) is 6.10. The van der Waals surface area contributed by atoms with Crippen molar-refractivity contribution in [1.29, 1.82) is 0 Å². The number of amides is 1. The number of ether oxygens (including phenoxy) is 2. The summed E-state index contributed by atoms with van der Waals surface area (Å²) in [6.07, 6.45) is 1.55. The summed E-state index contributed by atoms with van der Waals surface area (Å²) in [6.45, 7) is -1.19. The second-order valence-corrected chi connectivity index (χ2v) is 6.18. The van der Waals surface area contributed by atoms with E-state index >= 15 is 0 Å². The molecular weight excluding hydrogens is 392 g/mol. The van der Waals surface area contributed by atoms with Gasteiger partial charge in [0.05, 0.1) is 10.7 Å². The molecule has 0 aliphatic carbocycles. The summed E-state index contributed by atoms with van der Waals surface area (Å²) < 4.78 is 36.5. The van der Waals surface area contributed by atoms with E-state index in [2.05, 4.69) is 15.2 Å². The van der Waals surface area contributed by atoms with Crippen molar-refractivity contribution in [3.8, 4) is 11.5 Å². The minimum Gasteiger partial charge on any atom is -0.470 e. The Morgan fingerprint density at radius 1 is 1.21 bits per heavy atom. The monoisotopic (exact) mass is 407 g/mol. The van der Waals surface area contributed by atoms with Crippen LogP contribution in [0, 0.1) is 6.92 Å². The Bertz CT molecular complexity index is 979. The lowest BCUT2D eigenvalue weighted by molar-refractivity contribution is -0.0493. The minimum atomic E-state index is -3.00. The average molecular weight is 408 g/mol. The van der Waals surface area contributed by atoms with Gasteiger partial charge in [0.15, 0.2) is 12.4 Å². The summed E-state index contributed by atoms with van der Waals surface area (Å²) in [5, 5.41) is 7.10. The Hall–Kier alpha value is -3.13. The van der Waals surface area contributed by atoms with Gasteiger partial charge in [0.1, 0.15) is 11.5 Å². The van der Waals surface area contributed by atoms with Crippen LogP contribution in [-0.4, -0.2) is 22.3 Å². The smallest absolute Gasteiger partial charge is 0.387 e. The molecule has 1 amide bonds. The molecule has 0 fully saturated rings. The first-order chi connectivity index (χ1) is 13.4. The maximum absolute atomic E-state index is 12.5. The Balaban J connectivity index is 1.68. The molecule has 1 heterocycles. The van der Waals surface area contributed by atoms with E-state index in [0.717, 1.165) is 5.56 Å². The number of nitrogens with one attached hydrogen (secondary N) is 1. The fraction of sp³-hybridized carbons (Fsp3) is 0.158. The van der Waals surface area contributed by atoms with Gasteiger partial charge < -0.3 is 14.8 Å². The van der Waals surface area contributed by atoms with Gasteiger partial charge in [-0.15, -0.1) is 0 Å². The molecule has 1 aromatic heterocycles. The van der Waals surface area contributed by atoms with Gasteiger partial charge in [0, 0.05) is 6.20 Å². The standard InChI is InChI=1S/C19H16ClF2N3O3/c1-12-6-7-17(28-19(21)22)15(10-12)23-18(26)14-8-9-25(24-14)11-27-16-5-3-2-4-13(16)20/h2-10,19H,11H2,1H3,(H,23,26). The molecule has 0 radical (unpaired) electrons. The van der Waals surface area contributed by atoms with E-state index in [-0.39, 0.29) is 23.9 Å². The van der Waals surface area contributed by atoms with Crippen molar-refractivity contribution < 1.29 is 23.0 Å². The van der Waals surface area contributed by atoms with E-state index in [0.29, 0.717) is 10.8 Å². The summed E-state index contributed by atoms with van der Waals surface area (Å²) in [5.74, 6) is -0.212. The molecule has 146 valence electrons. The van der Waals surface area contributed by atoms with E-state index in [1.807, 2.05) is 0 Å². The molecular formula is C19H16ClF2N3O3. The third-order valence-electron chi connectivity index (χ3n) is 3.66. The van der Waals surface area contributed by atoms with E-state index in [1.165, 1.54) is 22.9 Å². The maximum Gasteiger partial charge on any atom is 0.387 e. The number of hydrogen-bond acceptors (Lipinski definition) is 4. The molecule has 0 unspecified atom stereocenters. The zero-order chi connectivity index (χ0) is 20.1. The first-order valence-corrected chi connectivity index (χ1v) is 8.58. The van der Waals surface area contributed by atoms with Crippen molar-refractivity contribution in [3.63, 3.8) is 0 Å². The van der Waals surface area contributed by atoms with Crippen LogP contribution in [0.15, 0.2) is 54.7 Å². The molecule has 2 aromatic carbocycles. The molecule has 0 saturated heterocycles. The normalized spacial score (nSPS) is 10.8. The topological polar surface area (TPSA) is 65.4 Å². The third-order valence-corrected chi connectivity index (χ3v) is 3.97. The Morgan fingerprint density at radius 2 is 2.00 bits per heavy atom. The zero-order valence-corrected chi connectivity index (χ0v) is 15.5. The molecule has 6 nitrogen and oxygen atoms in total. The molecule has 0 spiro atoms. The van der Waals surface area contributed by atoms with Crippen molar-refractivity contribution in [2.75, 3.05) is 5.32 Å². The van der Waals surface area contributed by atoms with Crippen molar-refractivity contribution >= 4 is 23.2 Å². The lowest BCUT2D eigenvalue weighted by atomic mass is 10.2. The van der Waals surface area contributed by atoms with Gasteiger partial charge in [-0.05, 0) is 42.8 Å². The SMILES string of the molecule is Cc1ccc(OC(F)F)c(NC(=O)c2ccn(COc3ccccc3Cl)n2)c1. The quantitative estimate of drug-likeness (QED) is 0.614. The van der Waals surface area contributed by atoms with Gasteiger partial charge >= 0.3 is 6.61 Å². The van der Waals surface area contributed by atoms with Crippen LogP contribution in [0.2, 0.25) is 5.02 Å². The lowest BCUT2D eigenvalue weighted by Crippen LogP contribution is -2.16. The minimum absolute atomic E-state index is 0.0429. The average Bonchev–Trinajstić information content (AvgIpc) is 3.12. The fourth-order valence-electron chi connectivity index (χ4n) is 2.38. The van der Waals surface area contributed by atoms with Gasteiger partial charge in [-0.2, -0.15) is 13.9 Å². The van der Waals surface area contributed by atoms with E-state index in [1.54, 1.807) is 43.5 Å². The number of halogens is 3. The van der Waals surface area contributed by atoms with E-state index < -0.39 is 12.5 Å². The van der Waals surface area contributed by atoms with Crippen molar-refractivity contribution in [2.45, 2.75) is 20.3 Å². The second kappa shape index (κ2) is 8.71. The maximum atomic E-state index is 12.5. The number of nitrogens with zero attached hydrogens (tertiary/aromatic N) is 2. The molecule has 3 aromatic rings. The number of benzene rings is 2. The summed E-state index contributed by atoms with van der Waals surface area (Å²) >= 11 is 6.02. The van der Waals surface area contributed by atoms with Gasteiger partial charge in [0.25, 0.3) is 5.91 Å².